The van der Waals surface area contributed by atoms with Crippen molar-refractivity contribution < 1.29 is 14.3 Å². The molecule has 0 saturated carbocycles. The summed E-state index contributed by atoms with van der Waals surface area (Å²) in [5, 5.41) is 0. The van der Waals surface area contributed by atoms with E-state index in [1.807, 2.05) is 58.0 Å². The highest BCUT2D eigenvalue weighted by Crippen LogP contribution is 2.57. The average molecular weight is 297 g/mol. The molecule has 3 heterocycles. The Morgan fingerprint density at radius 2 is 1.55 bits per heavy atom. The van der Waals surface area contributed by atoms with Crippen molar-refractivity contribution in [1.29, 1.82) is 0 Å². The van der Waals surface area contributed by atoms with Crippen molar-refractivity contribution in [3.63, 3.8) is 0 Å². The van der Waals surface area contributed by atoms with E-state index in [4.69, 9.17) is 4.74 Å². The van der Waals surface area contributed by atoms with Crippen LogP contribution in [-0.2, 0) is 14.3 Å². The number of rotatable bonds is 1. The lowest BCUT2D eigenvalue weighted by atomic mass is 9.73. The molecular formula is C18H19NO3. The predicted octanol–water partition coefficient (Wildman–Crippen LogP) is 2.53. The first-order valence-electron chi connectivity index (χ1n) is 7.62. The van der Waals surface area contributed by atoms with Gasteiger partial charge in [0.2, 0.25) is 11.8 Å². The molecular weight excluding hydrogens is 278 g/mol. The molecule has 3 aliphatic heterocycles. The van der Waals surface area contributed by atoms with E-state index in [1.54, 1.807) is 0 Å². The Kier molecular flexibility index (Phi) is 2.41. The van der Waals surface area contributed by atoms with Crippen molar-refractivity contribution in [2.75, 3.05) is 4.90 Å². The van der Waals surface area contributed by atoms with Gasteiger partial charge in [0.05, 0.1) is 28.7 Å². The molecule has 0 spiro atoms. The van der Waals surface area contributed by atoms with E-state index in [2.05, 4.69) is 0 Å². The number of hydrogen-bond donors (Lipinski definition) is 0. The van der Waals surface area contributed by atoms with Crippen molar-refractivity contribution >= 4 is 17.5 Å². The van der Waals surface area contributed by atoms with Gasteiger partial charge in [-0.1, -0.05) is 29.8 Å². The van der Waals surface area contributed by atoms with Gasteiger partial charge in [0.25, 0.3) is 0 Å². The minimum atomic E-state index is -0.667. The van der Waals surface area contributed by atoms with Gasteiger partial charge in [-0.15, -0.1) is 0 Å². The average Bonchev–Trinajstić information content (AvgIpc) is 2.97. The second-order valence-electron chi connectivity index (χ2n) is 7.06. The van der Waals surface area contributed by atoms with Crippen LogP contribution in [0.5, 0.6) is 0 Å². The third-order valence-electron chi connectivity index (χ3n) is 5.32. The highest BCUT2D eigenvalue weighted by molar-refractivity contribution is 6.23. The first kappa shape index (κ1) is 13.7. The van der Waals surface area contributed by atoms with Crippen LogP contribution in [0.3, 0.4) is 0 Å². The van der Waals surface area contributed by atoms with Crippen LogP contribution in [0.15, 0.2) is 30.4 Å². The lowest BCUT2D eigenvalue weighted by molar-refractivity contribution is -0.128. The van der Waals surface area contributed by atoms with Crippen LogP contribution < -0.4 is 4.90 Å². The van der Waals surface area contributed by atoms with Crippen LogP contribution in [0.1, 0.15) is 25.0 Å². The van der Waals surface area contributed by atoms with Crippen LogP contribution in [-0.4, -0.2) is 23.0 Å². The van der Waals surface area contributed by atoms with Crippen molar-refractivity contribution in [3.05, 3.63) is 41.5 Å². The Bertz CT molecular complexity index is 717. The maximum Gasteiger partial charge on any atom is 0.241 e. The number of carbonyl (C=O) groups is 2. The number of ether oxygens (including phenoxy) is 1. The standard InChI is InChI=1S/C18H19NO3/c1-10-5-6-12(11(2)9-10)19-15(20)13-14(16(19)21)18(4)8-7-17(13,3)22-18/h5-9,13-14H,1-4H3/t13-,14+,17-,18-/m1/s1. The third-order valence-corrected chi connectivity index (χ3v) is 5.32. The number of nitrogens with zero attached hydrogens (tertiary/aromatic N) is 1. The van der Waals surface area contributed by atoms with E-state index >= 15 is 0 Å². The van der Waals surface area contributed by atoms with Crippen LogP contribution >= 0.6 is 0 Å². The molecule has 2 fully saturated rings. The number of imide groups is 1. The fraction of sp³-hybridized carbons (Fsp3) is 0.444. The Morgan fingerprint density at radius 1 is 1.00 bits per heavy atom. The van der Waals surface area contributed by atoms with Gasteiger partial charge in [0, 0.05) is 0 Å². The SMILES string of the molecule is Cc1ccc(N2C(=O)[C@@H]3[C@H](C2=O)[C@@]2(C)C=C[C@@]3(C)O2)c(C)c1. The van der Waals surface area contributed by atoms with E-state index in [-0.39, 0.29) is 11.8 Å². The fourth-order valence-corrected chi connectivity index (χ4v) is 4.32. The molecule has 2 amide bonds. The summed E-state index contributed by atoms with van der Waals surface area (Å²) < 4.78 is 6.01. The molecule has 0 N–H and O–H groups in total. The molecule has 0 unspecified atom stereocenters. The normalized spacial score (nSPS) is 39.0. The maximum absolute atomic E-state index is 13.0. The second-order valence-corrected chi connectivity index (χ2v) is 7.06. The van der Waals surface area contributed by atoms with Gasteiger partial charge in [-0.3, -0.25) is 9.59 Å². The van der Waals surface area contributed by atoms with Crippen LogP contribution in [0.2, 0.25) is 0 Å². The molecule has 1 aromatic rings. The summed E-state index contributed by atoms with van der Waals surface area (Å²) in [4.78, 5) is 27.3. The molecule has 0 aromatic heterocycles. The molecule has 4 atom stereocenters. The third kappa shape index (κ3) is 1.46. The molecule has 0 aliphatic carbocycles. The van der Waals surface area contributed by atoms with E-state index in [9.17, 15) is 9.59 Å². The second kappa shape index (κ2) is 3.87. The summed E-state index contributed by atoms with van der Waals surface area (Å²) in [5.74, 6) is -1.12. The van der Waals surface area contributed by atoms with Gasteiger partial charge in [-0.2, -0.15) is 0 Å². The summed E-state index contributed by atoms with van der Waals surface area (Å²) in [6.45, 7) is 7.73. The molecule has 2 saturated heterocycles. The smallest absolute Gasteiger partial charge is 0.241 e. The number of benzene rings is 1. The molecule has 4 rings (SSSR count). The lowest BCUT2D eigenvalue weighted by Gasteiger charge is -2.26. The molecule has 4 nitrogen and oxygen atoms in total. The summed E-state index contributed by atoms with van der Waals surface area (Å²) >= 11 is 0. The molecule has 4 heteroatoms. The number of aryl methyl sites for hydroxylation is 2. The zero-order chi connectivity index (χ0) is 15.9. The molecule has 3 aliphatic rings. The first-order valence-corrected chi connectivity index (χ1v) is 7.62. The van der Waals surface area contributed by atoms with Gasteiger partial charge in [-0.25, -0.2) is 4.90 Å². The summed E-state index contributed by atoms with van der Waals surface area (Å²) in [6, 6.07) is 5.79. The molecule has 22 heavy (non-hydrogen) atoms. The predicted molar refractivity (Wildman–Crippen MR) is 82.4 cm³/mol. The number of fused-ring (bicyclic) bond motifs is 5. The van der Waals surface area contributed by atoms with Gasteiger partial charge in [0.15, 0.2) is 0 Å². The first-order chi connectivity index (χ1) is 10.3. The topological polar surface area (TPSA) is 46.6 Å². The van der Waals surface area contributed by atoms with Crippen LogP contribution in [0, 0.1) is 25.7 Å². The molecule has 1 aromatic carbocycles. The minimum absolute atomic E-state index is 0.141. The number of carbonyl (C=O) groups excluding carboxylic acids is 2. The number of amides is 2. The van der Waals surface area contributed by atoms with Gasteiger partial charge < -0.3 is 4.74 Å². The van der Waals surface area contributed by atoms with E-state index in [0.717, 1.165) is 11.1 Å². The van der Waals surface area contributed by atoms with Gasteiger partial charge >= 0.3 is 0 Å². The number of anilines is 1. The minimum Gasteiger partial charge on any atom is -0.359 e. The van der Waals surface area contributed by atoms with Crippen LogP contribution in [0.4, 0.5) is 5.69 Å². The molecule has 2 bridgehead atoms. The van der Waals surface area contributed by atoms with Crippen molar-refractivity contribution in [2.24, 2.45) is 11.8 Å². The quantitative estimate of drug-likeness (QED) is 0.591. The Labute approximate surface area is 129 Å². The van der Waals surface area contributed by atoms with Crippen molar-refractivity contribution in [3.8, 4) is 0 Å². The Balaban J connectivity index is 1.83. The Hall–Kier alpha value is -1.94. The molecule has 114 valence electrons. The summed E-state index contributed by atoms with van der Waals surface area (Å²) in [7, 11) is 0. The summed E-state index contributed by atoms with van der Waals surface area (Å²) in [6.07, 6.45) is 3.87. The lowest BCUT2D eigenvalue weighted by Crippen LogP contribution is -2.39. The van der Waals surface area contributed by atoms with Crippen molar-refractivity contribution in [1.82, 2.24) is 0 Å². The van der Waals surface area contributed by atoms with E-state index < -0.39 is 23.0 Å². The fourth-order valence-electron chi connectivity index (χ4n) is 4.32. The van der Waals surface area contributed by atoms with Gasteiger partial charge in [-0.05, 0) is 39.3 Å². The molecule has 0 radical (unpaired) electrons. The maximum atomic E-state index is 13.0. The van der Waals surface area contributed by atoms with Crippen LogP contribution in [0.25, 0.3) is 0 Å². The zero-order valence-corrected chi connectivity index (χ0v) is 13.2. The monoisotopic (exact) mass is 297 g/mol. The van der Waals surface area contributed by atoms with E-state index in [1.165, 1.54) is 4.90 Å². The largest absolute Gasteiger partial charge is 0.359 e. The van der Waals surface area contributed by atoms with Crippen molar-refractivity contribution in [2.45, 2.75) is 38.9 Å². The number of hydrogen-bond acceptors (Lipinski definition) is 3. The van der Waals surface area contributed by atoms with Gasteiger partial charge in [0.1, 0.15) is 0 Å². The Morgan fingerprint density at radius 3 is 2.05 bits per heavy atom. The summed E-state index contributed by atoms with van der Waals surface area (Å²) in [5.41, 5.74) is 1.42. The zero-order valence-electron chi connectivity index (χ0n) is 13.2. The highest BCUT2D eigenvalue weighted by atomic mass is 16.5. The van der Waals surface area contributed by atoms with E-state index in [0.29, 0.717) is 5.69 Å². The highest BCUT2D eigenvalue weighted by Gasteiger charge is 2.70.